The standard InChI is InChI=1S/C17H28N2O/c1-2-9-18-12-17-19-11-16(20-17)15-8-7-13-5-3-4-6-14(13)10-15/h11,13-15,18H,2-10,12H2,1H3. The Morgan fingerprint density at radius 2 is 2.05 bits per heavy atom. The van der Waals surface area contributed by atoms with E-state index in [-0.39, 0.29) is 0 Å². The van der Waals surface area contributed by atoms with Crippen molar-refractivity contribution in [2.45, 2.75) is 70.8 Å². The third kappa shape index (κ3) is 3.25. The number of fused-ring (bicyclic) bond motifs is 1. The quantitative estimate of drug-likeness (QED) is 0.817. The van der Waals surface area contributed by atoms with Crippen LogP contribution in [0.2, 0.25) is 0 Å². The lowest BCUT2D eigenvalue weighted by molar-refractivity contribution is 0.147. The third-order valence-electron chi connectivity index (χ3n) is 5.22. The van der Waals surface area contributed by atoms with Gasteiger partial charge in [-0.05, 0) is 44.1 Å². The lowest BCUT2D eigenvalue weighted by Crippen LogP contribution is -2.26. The number of aromatic nitrogens is 1. The smallest absolute Gasteiger partial charge is 0.208 e. The highest BCUT2D eigenvalue weighted by molar-refractivity contribution is 5.05. The first-order chi connectivity index (χ1) is 9.86. The molecule has 3 rings (SSSR count). The van der Waals surface area contributed by atoms with Gasteiger partial charge in [0.05, 0.1) is 12.7 Å². The fraction of sp³-hybridized carbons (Fsp3) is 0.824. The normalized spacial score (nSPS) is 30.1. The van der Waals surface area contributed by atoms with Crippen LogP contribution in [0.5, 0.6) is 0 Å². The highest BCUT2D eigenvalue weighted by Crippen LogP contribution is 2.46. The van der Waals surface area contributed by atoms with Gasteiger partial charge in [-0.25, -0.2) is 4.98 Å². The predicted octanol–water partition coefficient (Wildman–Crippen LogP) is 4.25. The summed E-state index contributed by atoms with van der Waals surface area (Å²) in [5.41, 5.74) is 0. The molecule has 1 aromatic heterocycles. The summed E-state index contributed by atoms with van der Waals surface area (Å²) in [5.74, 6) is 4.59. The maximum absolute atomic E-state index is 5.98. The van der Waals surface area contributed by atoms with Crippen LogP contribution in [0.3, 0.4) is 0 Å². The zero-order chi connectivity index (χ0) is 13.8. The molecule has 0 bridgehead atoms. The van der Waals surface area contributed by atoms with Gasteiger partial charge >= 0.3 is 0 Å². The van der Waals surface area contributed by atoms with Crippen LogP contribution in [-0.2, 0) is 6.54 Å². The van der Waals surface area contributed by atoms with E-state index in [1.54, 1.807) is 0 Å². The summed E-state index contributed by atoms with van der Waals surface area (Å²) >= 11 is 0. The number of rotatable bonds is 5. The van der Waals surface area contributed by atoms with Gasteiger partial charge in [0.2, 0.25) is 5.89 Å². The lowest BCUT2D eigenvalue weighted by atomic mass is 9.67. The number of nitrogens with zero attached hydrogens (tertiary/aromatic N) is 1. The molecular weight excluding hydrogens is 248 g/mol. The number of hydrogen-bond donors (Lipinski definition) is 1. The molecule has 2 saturated carbocycles. The summed E-state index contributed by atoms with van der Waals surface area (Å²) in [4.78, 5) is 4.44. The highest BCUT2D eigenvalue weighted by Gasteiger charge is 2.34. The molecule has 3 unspecified atom stereocenters. The summed E-state index contributed by atoms with van der Waals surface area (Å²) in [7, 11) is 0. The molecule has 3 atom stereocenters. The summed E-state index contributed by atoms with van der Waals surface area (Å²) in [6, 6.07) is 0. The van der Waals surface area contributed by atoms with Crippen molar-refractivity contribution in [1.29, 1.82) is 0 Å². The summed E-state index contributed by atoms with van der Waals surface area (Å²) < 4.78 is 5.98. The van der Waals surface area contributed by atoms with Crippen molar-refractivity contribution in [2.75, 3.05) is 6.54 Å². The minimum atomic E-state index is 0.627. The topological polar surface area (TPSA) is 38.1 Å². The van der Waals surface area contributed by atoms with E-state index < -0.39 is 0 Å². The Morgan fingerprint density at radius 1 is 1.20 bits per heavy atom. The third-order valence-corrected chi connectivity index (χ3v) is 5.22. The molecule has 3 nitrogen and oxygen atoms in total. The molecule has 0 amide bonds. The van der Waals surface area contributed by atoms with E-state index in [1.807, 2.05) is 6.20 Å². The van der Waals surface area contributed by atoms with Crippen LogP contribution in [0.25, 0.3) is 0 Å². The van der Waals surface area contributed by atoms with Crippen LogP contribution in [0.15, 0.2) is 10.6 Å². The van der Waals surface area contributed by atoms with Crippen LogP contribution in [-0.4, -0.2) is 11.5 Å². The Hall–Kier alpha value is -0.830. The molecule has 2 aliphatic carbocycles. The molecular formula is C17H28N2O. The van der Waals surface area contributed by atoms with E-state index in [0.29, 0.717) is 5.92 Å². The molecule has 1 N–H and O–H groups in total. The molecule has 2 aliphatic rings. The van der Waals surface area contributed by atoms with E-state index in [2.05, 4.69) is 17.2 Å². The first kappa shape index (κ1) is 14.1. The Bertz CT molecular complexity index is 415. The zero-order valence-corrected chi connectivity index (χ0v) is 12.7. The van der Waals surface area contributed by atoms with Crippen LogP contribution in [0.1, 0.15) is 75.9 Å². The van der Waals surface area contributed by atoms with Crippen LogP contribution in [0, 0.1) is 11.8 Å². The second-order valence-corrected chi connectivity index (χ2v) is 6.65. The molecule has 3 heteroatoms. The fourth-order valence-electron chi connectivity index (χ4n) is 4.10. The summed E-state index contributed by atoms with van der Waals surface area (Å²) in [5, 5.41) is 3.36. The molecule has 2 fully saturated rings. The molecule has 112 valence electrons. The van der Waals surface area contributed by atoms with Crippen LogP contribution < -0.4 is 5.32 Å². The van der Waals surface area contributed by atoms with Crippen LogP contribution in [0.4, 0.5) is 0 Å². The van der Waals surface area contributed by atoms with Crippen molar-refractivity contribution >= 4 is 0 Å². The SMILES string of the molecule is CCCNCc1ncc(C2CCC3CCCCC3C2)o1. The van der Waals surface area contributed by atoms with Gasteiger partial charge in [0.15, 0.2) is 0 Å². The van der Waals surface area contributed by atoms with Crippen molar-refractivity contribution in [2.24, 2.45) is 11.8 Å². The van der Waals surface area contributed by atoms with Gasteiger partial charge in [-0.2, -0.15) is 0 Å². The van der Waals surface area contributed by atoms with E-state index in [0.717, 1.165) is 43.0 Å². The average molecular weight is 276 g/mol. The van der Waals surface area contributed by atoms with Gasteiger partial charge in [0.25, 0.3) is 0 Å². The van der Waals surface area contributed by atoms with E-state index in [4.69, 9.17) is 4.42 Å². The van der Waals surface area contributed by atoms with E-state index in [9.17, 15) is 0 Å². The van der Waals surface area contributed by atoms with E-state index >= 15 is 0 Å². The second-order valence-electron chi connectivity index (χ2n) is 6.65. The molecule has 0 aromatic carbocycles. The number of nitrogens with one attached hydrogen (secondary N) is 1. The maximum atomic E-state index is 5.98. The average Bonchev–Trinajstić information content (AvgIpc) is 2.96. The Kier molecular flexibility index (Phi) is 4.77. The monoisotopic (exact) mass is 276 g/mol. The van der Waals surface area contributed by atoms with Crippen molar-refractivity contribution in [3.63, 3.8) is 0 Å². The summed E-state index contributed by atoms with van der Waals surface area (Å²) in [6.45, 7) is 3.98. The minimum absolute atomic E-state index is 0.627. The number of hydrogen-bond acceptors (Lipinski definition) is 3. The molecule has 0 aliphatic heterocycles. The molecule has 0 saturated heterocycles. The van der Waals surface area contributed by atoms with Crippen molar-refractivity contribution in [1.82, 2.24) is 10.3 Å². The molecule has 0 spiro atoms. The van der Waals surface area contributed by atoms with Gasteiger partial charge in [0, 0.05) is 5.92 Å². The van der Waals surface area contributed by atoms with Gasteiger partial charge in [-0.1, -0.05) is 32.6 Å². The largest absolute Gasteiger partial charge is 0.444 e. The first-order valence-corrected chi connectivity index (χ1v) is 8.52. The van der Waals surface area contributed by atoms with Gasteiger partial charge in [-0.3, -0.25) is 0 Å². The van der Waals surface area contributed by atoms with Gasteiger partial charge in [0.1, 0.15) is 5.76 Å². The lowest BCUT2D eigenvalue weighted by Gasteiger charge is -2.38. The highest BCUT2D eigenvalue weighted by atomic mass is 16.4. The number of oxazole rings is 1. The van der Waals surface area contributed by atoms with Crippen molar-refractivity contribution in [3.8, 4) is 0 Å². The molecule has 1 aromatic rings. The Balaban J connectivity index is 1.56. The second kappa shape index (κ2) is 6.75. The molecule has 0 radical (unpaired) electrons. The van der Waals surface area contributed by atoms with E-state index in [1.165, 1.54) is 44.9 Å². The minimum Gasteiger partial charge on any atom is -0.444 e. The first-order valence-electron chi connectivity index (χ1n) is 8.52. The summed E-state index contributed by atoms with van der Waals surface area (Å²) in [6.07, 6.45) is 13.0. The van der Waals surface area contributed by atoms with Crippen LogP contribution >= 0.6 is 0 Å². The van der Waals surface area contributed by atoms with Crippen molar-refractivity contribution in [3.05, 3.63) is 17.8 Å². The Morgan fingerprint density at radius 3 is 2.90 bits per heavy atom. The Labute approximate surface area is 122 Å². The zero-order valence-electron chi connectivity index (χ0n) is 12.7. The van der Waals surface area contributed by atoms with Crippen molar-refractivity contribution < 1.29 is 4.42 Å². The predicted molar refractivity (Wildman–Crippen MR) is 80.5 cm³/mol. The van der Waals surface area contributed by atoms with Gasteiger partial charge in [-0.15, -0.1) is 0 Å². The fourth-order valence-corrected chi connectivity index (χ4v) is 4.10. The molecule has 1 heterocycles. The maximum Gasteiger partial charge on any atom is 0.208 e. The van der Waals surface area contributed by atoms with Gasteiger partial charge < -0.3 is 9.73 Å². The molecule has 20 heavy (non-hydrogen) atoms.